The number of hydrogen-bond acceptors (Lipinski definition) is 4. The molecule has 0 aliphatic carbocycles. The van der Waals surface area contributed by atoms with E-state index in [1.54, 1.807) is 14.0 Å². The Hall–Kier alpha value is -2.37. The van der Waals surface area contributed by atoms with Crippen molar-refractivity contribution in [2.24, 2.45) is 0 Å². The summed E-state index contributed by atoms with van der Waals surface area (Å²) in [6.45, 7) is 5.08. The van der Waals surface area contributed by atoms with Gasteiger partial charge in [-0.3, -0.25) is 9.59 Å². The van der Waals surface area contributed by atoms with E-state index in [2.05, 4.69) is 30.1 Å². The summed E-state index contributed by atoms with van der Waals surface area (Å²) >= 11 is 0. The number of hydrogen-bond donors (Lipinski definition) is 0. The SMILES string of the molecule is COc1ccccc1CCN(C)CCCCC(=O)c1ccc2c(c1)CCN(C(C)=O)CC2.Cl. The molecule has 5 nitrogen and oxygen atoms in total. The Kier molecular flexibility index (Phi) is 10.9. The molecule has 0 N–H and O–H groups in total. The van der Waals surface area contributed by atoms with Crippen LogP contribution in [0.1, 0.15) is 53.2 Å². The maximum absolute atomic E-state index is 12.7. The van der Waals surface area contributed by atoms with Gasteiger partial charge in [0.1, 0.15) is 5.75 Å². The van der Waals surface area contributed by atoms with Gasteiger partial charge < -0.3 is 14.5 Å². The molecule has 1 aliphatic heterocycles. The van der Waals surface area contributed by atoms with E-state index in [1.165, 1.54) is 16.7 Å². The van der Waals surface area contributed by atoms with Crippen molar-refractivity contribution >= 4 is 24.1 Å². The summed E-state index contributed by atoms with van der Waals surface area (Å²) in [6, 6.07) is 14.3. The van der Waals surface area contributed by atoms with Crippen LogP contribution in [0.15, 0.2) is 42.5 Å². The van der Waals surface area contributed by atoms with Crippen molar-refractivity contribution in [1.29, 1.82) is 0 Å². The van der Waals surface area contributed by atoms with Gasteiger partial charge in [-0.1, -0.05) is 30.3 Å². The Morgan fingerprint density at radius 2 is 1.73 bits per heavy atom. The van der Waals surface area contributed by atoms with Crippen LogP contribution in [0.2, 0.25) is 0 Å². The molecule has 0 aromatic heterocycles. The van der Waals surface area contributed by atoms with E-state index in [0.717, 1.165) is 69.6 Å². The van der Waals surface area contributed by atoms with Gasteiger partial charge in [0.2, 0.25) is 5.91 Å². The third-order valence-corrected chi connectivity index (χ3v) is 6.42. The minimum Gasteiger partial charge on any atom is -0.496 e. The molecule has 3 rings (SSSR count). The Morgan fingerprint density at radius 1 is 1.00 bits per heavy atom. The third-order valence-electron chi connectivity index (χ3n) is 6.42. The monoisotopic (exact) mass is 472 g/mol. The molecule has 0 fully saturated rings. The van der Waals surface area contributed by atoms with E-state index in [9.17, 15) is 9.59 Å². The van der Waals surface area contributed by atoms with Crippen molar-refractivity contribution in [3.63, 3.8) is 0 Å². The summed E-state index contributed by atoms with van der Waals surface area (Å²) < 4.78 is 5.43. The van der Waals surface area contributed by atoms with Crippen LogP contribution in [-0.2, 0) is 24.1 Å². The van der Waals surface area contributed by atoms with Crippen LogP contribution in [-0.4, -0.2) is 61.8 Å². The number of para-hydroxylation sites is 1. The number of halogens is 1. The fourth-order valence-electron chi connectivity index (χ4n) is 4.36. The van der Waals surface area contributed by atoms with Crippen LogP contribution in [0.3, 0.4) is 0 Å². The van der Waals surface area contributed by atoms with E-state index in [1.807, 2.05) is 29.2 Å². The average Bonchev–Trinajstić information content (AvgIpc) is 3.02. The number of rotatable bonds is 10. The highest BCUT2D eigenvalue weighted by atomic mass is 35.5. The number of carbonyl (C=O) groups is 2. The predicted molar refractivity (Wildman–Crippen MR) is 136 cm³/mol. The third kappa shape index (κ3) is 7.86. The van der Waals surface area contributed by atoms with E-state index >= 15 is 0 Å². The highest BCUT2D eigenvalue weighted by Crippen LogP contribution is 2.20. The van der Waals surface area contributed by atoms with Gasteiger partial charge in [-0.25, -0.2) is 0 Å². The van der Waals surface area contributed by atoms with Crippen molar-refractivity contribution in [2.75, 3.05) is 40.3 Å². The van der Waals surface area contributed by atoms with Crippen LogP contribution < -0.4 is 4.74 Å². The number of Topliss-reactive ketones (excluding diaryl/α,β-unsaturated/α-hetero) is 1. The lowest BCUT2D eigenvalue weighted by atomic mass is 9.97. The van der Waals surface area contributed by atoms with Gasteiger partial charge in [0, 0.05) is 38.5 Å². The summed E-state index contributed by atoms with van der Waals surface area (Å²) in [4.78, 5) is 28.6. The second-order valence-electron chi connectivity index (χ2n) is 8.73. The van der Waals surface area contributed by atoms with Gasteiger partial charge in [-0.15, -0.1) is 12.4 Å². The first-order chi connectivity index (χ1) is 15.5. The zero-order chi connectivity index (χ0) is 22.9. The number of unbranched alkanes of at least 4 members (excludes halogenated alkanes) is 1. The molecular formula is C27H37ClN2O3. The average molecular weight is 473 g/mol. The lowest BCUT2D eigenvalue weighted by molar-refractivity contribution is -0.128. The number of ketones is 1. The normalized spacial score (nSPS) is 13.2. The number of fused-ring (bicyclic) bond motifs is 1. The quantitative estimate of drug-likeness (QED) is 0.375. The Morgan fingerprint density at radius 3 is 2.45 bits per heavy atom. The Bertz CT molecular complexity index is 931. The number of nitrogens with zero attached hydrogens (tertiary/aromatic N) is 2. The summed E-state index contributed by atoms with van der Waals surface area (Å²) in [6.07, 6.45) is 5.13. The largest absolute Gasteiger partial charge is 0.496 e. The van der Waals surface area contributed by atoms with Gasteiger partial charge in [0.05, 0.1) is 7.11 Å². The number of methoxy groups -OCH3 is 1. The standard InChI is InChI=1S/C27H36N2O3.ClH/c1-21(30)29-18-14-22-11-12-25(20-24(22)15-19-29)26(31)9-6-7-16-28(2)17-13-23-8-4-5-10-27(23)32-3;/h4-5,8,10-12,20H,6-7,9,13-19H2,1-3H3;1H. The number of likely N-dealkylation sites (N-methyl/N-ethyl adjacent to an activating group) is 1. The van der Waals surface area contributed by atoms with Gasteiger partial charge in [-0.05, 0) is 74.5 Å². The summed E-state index contributed by atoms with van der Waals surface area (Å²) in [7, 11) is 3.85. The molecule has 0 saturated carbocycles. The smallest absolute Gasteiger partial charge is 0.219 e. The van der Waals surface area contributed by atoms with Crippen molar-refractivity contribution in [2.45, 2.75) is 45.4 Å². The highest BCUT2D eigenvalue weighted by Gasteiger charge is 2.17. The second-order valence-corrected chi connectivity index (χ2v) is 8.73. The fourth-order valence-corrected chi connectivity index (χ4v) is 4.36. The molecule has 2 aromatic rings. The van der Waals surface area contributed by atoms with Gasteiger partial charge >= 0.3 is 0 Å². The predicted octanol–water partition coefficient (Wildman–Crippen LogP) is 4.59. The molecule has 0 saturated heterocycles. The maximum Gasteiger partial charge on any atom is 0.219 e. The molecule has 0 unspecified atom stereocenters. The van der Waals surface area contributed by atoms with Gasteiger partial charge in [0.25, 0.3) is 0 Å². The summed E-state index contributed by atoms with van der Waals surface area (Å²) in [5.74, 6) is 1.29. The van der Waals surface area contributed by atoms with E-state index < -0.39 is 0 Å². The lowest BCUT2D eigenvalue weighted by Gasteiger charge is -2.17. The number of ether oxygens (including phenoxy) is 1. The van der Waals surface area contributed by atoms with Crippen molar-refractivity contribution in [3.8, 4) is 5.75 Å². The van der Waals surface area contributed by atoms with Crippen LogP contribution >= 0.6 is 12.4 Å². The second kappa shape index (κ2) is 13.4. The van der Waals surface area contributed by atoms with Gasteiger partial charge in [-0.2, -0.15) is 0 Å². The van der Waals surface area contributed by atoms with Crippen LogP contribution in [0.5, 0.6) is 5.75 Å². The number of benzene rings is 2. The molecule has 180 valence electrons. The van der Waals surface area contributed by atoms with Crippen LogP contribution in [0.25, 0.3) is 0 Å². The molecule has 1 heterocycles. The summed E-state index contributed by atoms with van der Waals surface area (Å²) in [5.41, 5.74) is 4.52. The summed E-state index contributed by atoms with van der Waals surface area (Å²) in [5, 5.41) is 0. The lowest BCUT2D eigenvalue weighted by Crippen LogP contribution is -2.30. The molecule has 0 atom stereocenters. The molecule has 1 amide bonds. The fraction of sp³-hybridized carbons (Fsp3) is 0.481. The Balaban J connectivity index is 0.00000385. The molecule has 33 heavy (non-hydrogen) atoms. The highest BCUT2D eigenvalue weighted by molar-refractivity contribution is 5.96. The van der Waals surface area contributed by atoms with E-state index in [-0.39, 0.29) is 24.1 Å². The molecular weight excluding hydrogens is 436 g/mol. The minimum atomic E-state index is 0. The first-order valence-electron chi connectivity index (χ1n) is 11.7. The Labute approximate surface area is 204 Å². The minimum absolute atomic E-state index is 0. The number of amides is 1. The van der Waals surface area contributed by atoms with E-state index in [0.29, 0.717) is 6.42 Å². The maximum atomic E-state index is 12.7. The zero-order valence-corrected chi connectivity index (χ0v) is 21.0. The molecule has 2 aromatic carbocycles. The topological polar surface area (TPSA) is 49.9 Å². The molecule has 6 heteroatoms. The molecule has 0 spiro atoms. The number of carbonyl (C=O) groups excluding carboxylic acids is 2. The van der Waals surface area contributed by atoms with Gasteiger partial charge in [0.15, 0.2) is 5.78 Å². The molecule has 1 aliphatic rings. The first-order valence-corrected chi connectivity index (χ1v) is 11.7. The zero-order valence-electron chi connectivity index (χ0n) is 20.1. The van der Waals surface area contributed by atoms with Crippen LogP contribution in [0.4, 0.5) is 0 Å². The van der Waals surface area contributed by atoms with Crippen LogP contribution in [0, 0.1) is 0 Å². The van der Waals surface area contributed by atoms with Crippen molar-refractivity contribution in [3.05, 3.63) is 64.7 Å². The molecule has 0 bridgehead atoms. The van der Waals surface area contributed by atoms with Crippen molar-refractivity contribution in [1.82, 2.24) is 9.80 Å². The first kappa shape index (κ1) is 26.9. The van der Waals surface area contributed by atoms with Crippen molar-refractivity contribution < 1.29 is 14.3 Å². The molecule has 0 radical (unpaired) electrons. The van der Waals surface area contributed by atoms with E-state index in [4.69, 9.17) is 4.74 Å².